The second-order valence-corrected chi connectivity index (χ2v) is 5.23. The Bertz CT molecular complexity index is 292. The molecular formula is C9H14NO2P. The number of hydrogen-bond acceptors (Lipinski definition) is 2. The summed E-state index contributed by atoms with van der Waals surface area (Å²) in [6.45, 7) is 1.83. The third kappa shape index (κ3) is 2.87. The van der Waals surface area contributed by atoms with E-state index in [0.29, 0.717) is 11.9 Å². The van der Waals surface area contributed by atoms with Gasteiger partial charge in [-0.05, 0) is 19.2 Å². The van der Waals surface area contributed by atoms with Crippen molar-refractivity contribution in [2.75, 3.05) is 13.2 Å². The van der Waals surface area contributed by atoms with Crippen LogP contribution in [0, 0.1) is 0 Å². The molecule has 0 radical (unpaired) electrons. The Balaban J connectivity index is 2.74. The predicted octanol–water partition coefficient (Wildman–Crippen LogP) is 2.50. The zero-order valence-corrected chi connectivity index (χ0v) is 8.75. The first-order valence-electron chi connectivity index (χ1n) is 4.23. The lowest BCUT2D eigenvalue weighted by Crippen LogP contribution is -2.10. The van der Waals surface area contributed by atoms with Crippen LogP contribution >= 0.6 is 7.52 Å². The van der Waals surface area contributed by atoms with E-state index >= 15 is 0 Å². The third-order valence-corrected chi connectivity index (χ3v) is 3.77. The van der Waals surface area contributed by atoms with Crippen molar-refractivity contribution in [3.63, 3.8) is 0 Å². The van der Waals surface area contributed by atoms with Gasteiger partial charge in [0.05, 0.1) is 0 Å². The van der Waals surface area contributed by atoms with E-state index in [4.69, 9.17) is 4.52 Å². The van der Waals surface area contributed by atoms with Gasteiger partial charge in [0.1, 0.15) is 5.75 Å². The number of para-hydroxylation sites is 1. The topological polar surface area (TPSA) is 38.3 Å². The lowest BCUT2D eigenvalue weighted by atomic mass is 10.3. The summed E-state index contributed by atoms with van der Waals surface area (Å²) in [5.74, 6) is 0.641. The minimum atomic E-state index is -2.65. The zero-order valence-electron chi connectivity index (χ0n) is 7.86. The molecule has 4 heteroatoms. The van der Waals surface area contributed by atoms with Crippen molar-refractivity contribution >= 4 is 7.52 Å². The molecule has 13 heavy (non-hydrogen) atoms. The summed E-state index contributed by atoms with van der Waals surface area (Å²) in [5, 5.41) is 2.71. The molecule has 0 amide bonds. The van der Waals surface area contributed by atoms with Crippen molar-refractivity contribution in [2.45, 2.75) is 6.92 Å². The van der Waals surface area contributed by atoms with Crippen LogP contribution in [0.5, 0.6) is 5.75 Å². The third-order valence-electron chi connectivity index (χ3n) is 1.75. The Kier molecular flexibility index (Phi) is 3.52. The molecule has 72 valence electrons. The van der Waals surface area contributed by atoms with Crippen LogP contribution in [-0.2, 0) is 4.57 Å². The number of nitrogens with one attached hydrogen (secondary N) is 1. The fourth-order valence-electron chi connectivity index (χ4n) is 0.920. The first-order chi connectivity index (χ1) is 6.20. The van der Waals surface area contributed by atoms with Crippen molar-refractivity contribution in [1.29, 1.82) is 0 Å². The molecule has 1 atom stereocenters. The van der Waals surface area contributed by atoms with Gasteiger partial charge in [0, 0.05) is 6.16 Å². The Morgan fingerprint density at radius 1 is 1.38 bits per heavy atom. The van der Waals surface area contributed by atoms with E-state index in [-0.39, 0.29) is 0 Å². The maximum Gasteiger partial charge on any atom is 0.316 e. The minimum Gasteiger partial charge on any atom is -0.433 e. The van der Waals surface area contributed by atoms with Crippen LogP contribution in [0.1, 0.15) is 6.92 Å². The first kappa shape index (κ1) is 10.3. The number of benzene rings is 1. The number of rotatable bonds is 4. The lowest BCUT2D eigenvalue weighted by Gasteiger charge is -2.16. The van der Waals surface area contributed by atoms with E-state index in [9.17, 15) is 4.57 Å². The fourth-order valence-corrected chi connectivity index (χ4v) is 1.92. The fraction of sp³-hybridized carbons (Fsp3) is 0.333. The maximum atomic E-state index is 11.8. The van der Waals surface area contributed by atoms with E-state index in [1.807, 2.05) is 25.1 Å². The summed E-state index contributed by atoms with van der Waals surface area (Å²) >= 11 is 0. The molecule has 3 nitrogen and oxygen atoms in total. The molecule has 0 fully saturated rings. The predicted molar refractivity (Wildman–Crippen MR) is 54.3 cm³/mol. The van der Waals surface area contributed by atoms with Crippen LogP contribution in [0.3, 0.4) is 0 Å². The molecule has 0 aromatic heterocycles. The SMILES string of the molecule is CCP(=O)(NC)Oc1ccccc1. The Hall–Kier alpha value is -0.790. The van der Waals surface area contributed by atoms with Crippen LogP contribution in [0.15, 0.2) is 30.3 Å². The molecule has 0 spiro atoms. The molecule has 0 saturated carbocycles. The molecule has 1 N–H and O–H groups in total. The Morgan fingerprint density at radius 2 is 2.00 bits per heavy atom. The van der Waals surface area contributed by atoms with E-state index in [0.717, 1.165) is 0 Å². The smallest absolute Gasteiger partial charge is 0.316 e. The van der Waals surface area contributed by atoms with Gasteiger partial charge in [-0.2, -0.15) is 0 Å². The summed E-state index contributed by atoms with van der Waals surface area (Å²) in [6.07, 6.45) is 0.485. The quantitative estimate of drug-likeness (QED) is 0.757. The summed E-state index contributed by atoms with van der Waals surface area (Å²) in [4.78, 5) is 0. The summed E-state index contributed by atoms with van der Waals surface area (Å²) in [7, 11) is -1.01. The highest BCUT2D eigenvalue weighted by molar-refractivity contribution is 7.57. The average molecular weight is 199 g/mol. The standard InChI is InChI=1S/C9H14NO2P/c1-3-13(11,10-2)12-9-7-5-4-6-8-9/h4-8H,3H2,1-2H3,(H,10,11). The van der Waals surface area contributed by atoms with Gasteiger partial charge >= 0.3 is 7.52 Å². The van der Waals surface area contributed by atoms with Crippen LogP contribution in [0.4, 0.5) is 0 Å². The average Bonchev–Trinajstić information content (AvgIpc) is 2.19. The van der Waals surface area contributed by atoms with Crippen molar-refractivity contribution in [1.82, 2.24) is 5.09 Å². The van der Waals surface area contributed by atoms with Crippen LogP contribution < -0.4 is 9.61 Å². The molecule has 0 aliphatic heterocycles. The summed E-state index contributed by atoms with van der Waals surface area (Å²) < 4.78 is 17.1. The maximum absolute atomic E-state index is 11.8. The van der Waals surface area contributed by atoms with E-state index in [1.54, 1.807) is 19.2 Å². The molecule has 1 rings (SSSR count). The number of hydrogen-bond donors (Lipinski definition) is 1. The van der Waals surface area contributed by atoms with Crippen molar-refractivity contribution in [3.8, 4) is 5.75 Å². The zero-order chi connectivity index (χ0) is 9.73. The van der Waals surface area contributed by atoms with Crippen molar-refractivity contribution < 1.29 is 9.09 Å². The lowest BCUT2D eigenvalue weighted by molar-refractivity contribution is 0.473. The summed E-state index contributed by atoms with van der Waals surface area (Å²) in [6, 6.07) is 9.18. The second-order valence-electron chi connectivity index (χ2n) is 2.62. The van der Waals surface area contributed by atoms with Gasteiger partial charge in [-0.25, -0.2) is 5.09 Å². The van der Waals surface area contributed by atoms with Crippen LogP contribution in [0.2, 0.25) is 0 Å². The van der Waals surface area contributed by atoms with Gasteiger partial charge in [-0.1, -0.05) is 25.1 Å². The molecule has 0 heterocycles. The highest BCUT2D eigenvalue weighted by Gasteiger charge is 2.18. The van der Waals surface area contributed by atoms with Gasteiger partial charge in [0.15, 0.2) is 0 Å². The molecule has 0 aliphatic carbocycles. The Morgan fingerprint density at radius 3 is 2.46 bits per heavy atom. The Labute approximate surface area is 78.6 Å². The van der Waals surface area contributed by atoms with E-state index < -0.39 is 7.52 Å². The minimum absolute atomic E-state index is 0.485. The molecule has 1 aromatic carbocycles. The van der Waals surface area contributed by atoms with Crippen LogP contribution in [0.25, 0.3) is 0 Å². The van der Waals surface area contributed by atoms with E-state index in [2.05, 4.69) is 5.09 Å². The normalized spacial score (nSPS) is 14.9. The van der Waals surface area contributed by atoms with Gasteiger partial charge in [-0.15, -0.1) is 0 Å². The largest absolute Gasteiger partial charge is 0.433 e. The molecule has 0 aliphatic rings. The van der Waals surface area contributed by atoms with Gasteiger partial charge in [0.2, 0.25) is 0 Å². The highest BCUT2D eigenvalue weighted by Crippen LogP contribution is 2.41. The molecule has 0 bridgehead atoms. The van der Waals surface area contributed by atoms with Gasteiger partial charge < -0.3 is 4.52 Å². The summed E-state index contributed by atoms with van der Waals surface area (Å²) in [5.41, 5.74) is 0. The first-order valence-corrected chi connectivity index (χ1v) is 6.04. The monoisotopic (exact) mass is 199 g/mol. The van der Waals surface area contributed by atoms with Crippen molar-refractivity contribution in [3.05, 3.63) is 30.3 Å². The van der Waals surface area contributed by atoms with Gasteiger partial charge in [0.25, 0.3) is 0 Å². The second kappa shape index (κ2) is 4.45. The molecule has 0 saturated heterocycles. The molecule has 1 aromatic rings. The van der Waals surface area contributed by atoms with Crippen molar-refractivity contribution in [2.24, 2.45) is 0 Å². The van der Waals surface area contributed by atoms with Crippen LogP contribution in [-0.4, -0.2) is 13.2 Å². The highest BCUT2D eigenvalue weighted by atomic mass is 31.2. The molecular weight excluding hydrogens is 185 g/mol. The van der Waals surface area contributed by atoms with Gasteiger partial charge in [-0.3, -0.25) is 4.57 Å². The molecule has 1 unspecified atom stereocenters. The van der Waals surface area contributed by atoms with E-state index in [1.165, 1.54) is 0 Å².